The van der Waals surface area contributed by atoms with Gasteiger partial charge in [-0.25, -0.2) is 8.78 Å². The van der Waals surface area contributed by atoms with Gasteiger partial charge in [-0.15, -0.1) is 0 Å². The Morgan fingerprint density at radius 2 is 1.81 bits per heavy atom. The van der Waals surface area contributed by atoms with Crippen LogP contribution in [0.5, 0.6) is 0 Å². The second kappa shape index (κ2) is 9.60. The molecule has 0 spiro atoms. The van der Waals surface area contributed by atoms with E-state index in [1.165, 1.54) is 43.7 Å². The highest BCUT2D eigenvalue weighted by molar-refractivity contribution is 5.84. The Balaban J connectivity index is 1.53. The quantitative estimate of drug-likeness (QED) is 0.360. The Morgan fingerprint density at radius 1 is 0.968 bits per heavy atom. The first kappa shape index (κ1) is 21.5. The van der Waals surface area contributed by atoms with Crippen LogP contribution in [0.2, 0.25) is 0 Å². The van der Waals surface area contributed by atoms with E-state index in [9.17, 15) is 4.39 Å². The fourth-order valence-electron chi connectivity index (χ4n) is 4.92. The van der Waals surface area contributed by atoms with Crippen LogP contribution in [0.1, 0.15) is 79.2 Å². The molecule has 160 valence electrons. The van der Waals surface area contributed by atoms with Crippen LogP contribution in [-0.4, -0.2) is 0 Å². The first-order valence-corrected chi connectivity index (χ1v) is 11.5. The summed E-state index contributed by atoms with van der Waals surface area (Å²) in [5, 5.41) is 10.7. The highest BCUT2D eigenvalue weighted by Crippen LogP contribution is 2.37. The van der Waals surface area contributed by atoms with Crippen LogP contribution in [-0.2, 0) is 19.3 Å². The molecule has 3 aromatic carbocycles. The predicted molar refractivity (Wildman–Crippen MR) is 122 cm³/mol. The molecule has 1 aliphatic rings. The van der Waals surface area contributed by atoms with Crippen LogP contribution in [0, 0.1) is 23.0 Å². The molecule has 0 aliphatic heterocycles. The molecule has 0 saturated carbocycles. The molecule has 1 aliphatic carbocycles. The second-order valence-electron chi connectivity index (χ2n) is 8.80. The molecule has 31 heavy (non-hydrogen) atoms. The van der Waals surface area contributed by atoms with Crippen molar-refractivity contribution in [3.63, 3.8) is 0 Å². The van der Waals surface area contributed by atoms with E-state index in [1.807, 2.05) is 30.3 Å². The molecule has 3 aromatic rings. The molecule has 0 saturated heterocycles. The van der Waals surface area contributed by atoms with Crippen molar-refractivity contribution in [3.05, 3.63) is 81.9 Å². The van der Waals surface area contributed by atoms with Crippen LogP contribution in [0.4, 0.5) is 8.78 Å². The van der Waals surface area contributed by atoms with E-state index in [2.05, 4.69) is 19.1 Å². The van der Waals surface area contributed by atoms with Gasteiger partial charge < -0.3 is 0 Å². The van der Waals surface area contributed by atoms with Crippen LogP contribution in [0.25, 0.3) is 10.8 Å². The lowest BCUT2D eigenvalue weighted by atomic mass is 9.79. The molecule has 0 amide bonds. The summed E-state index contributed by atoms with van der Waals surface area (Å²) in [5.41, 5.74) is 3.60. The zero-order valence-electron chi connectivity index (χ0n) is 18.2. The predicted octanol–water partition coefficient (Wildman–Crippen LogP) is 7.78. The summed E-state index contributed by atoms with van der Waals surface area (Å²) in [6, 6.07) is 15.3. The minimum absolute atomic E-state index is 0.0301. The average molecular weight is 418 g/mol. The van der Waals surface area contributed by atoms with Gasteiger partial charge in [-0.3, -0.25) is 0 Å². The van der Waals surface area contributed by atoms with Gasteiger partial charge in [-0.2, -0.15) is 5.26 Å². The van der Waals surface area contributed by atoms with Crippen molar-refractivity contribution in [3.8, 4) is 6.07 Å². The summed E-state index contributed by atoms with van der Waals surface area (Å²) in [7, 11) is 0. The maximum atomic E-state index is 15.4. The lowest BCUT2D eigenvalue weighted by Gasteiger charge is -2.26. The Morgan fingerprint density at radius 3 is 2.61 bits per heavy atom. The number of rotatable bonds is 7. The van der Waals surface area contributed by atoms with Crippen molar-refractivity contribution in [1.82, 2.24) is 0 Å². The average Bonchev–Trinajstić information content (AvgIpc) is 2.79. The Bertz CT molecular complexity index is 1130. The number of unbranched alkanes of at least 4 members (excludes halogenated alkanes) is 4. The topological polar surface area (TPSA) is 23.8 Å². The molecule has 1 atom stereocenters. The lowest BCUT2D eigenvalue weighted by molar-refractivity contribution is 0.517. The van der Waals surface area contributed by atoms with E-state index in [4.69, 9.17) is 5.26 Å². The first-order chi connectivity index (χ1) is 15.1. The highest BCUT2D eigenvalue weighted by Gasteiger charge is 2.26. The molecule has 0 aromatic heterocycles. The minimum Gasteiger partial charge on any atom is -0.206 e. The summed E-state index contributed by atoms with van der Waals surface area (Å²) < 4.78 is 29.9. The first-order valence-electron chi connectivity index (χ1n) is 11.5. The molecular weight excluding hydrogens is 388 g/mol. The van der Waals surface area contributed by atoms with Crippen LogP contribution >= 0.6 is 0 Å². The zero-order chi connectivity index (χ0) is 21.8. The lowest BCUT2D eigenvalue weighted by Crippen LogP contribution is -2.16. The SMILES string of the molecule is CCCCCCCc1ccc2c(F)c(C3CCc4c(ccc(C#N)c4F)C3)ccc2c1. The van der Waals surface area contributed by atoms with Gasteiger partial charge in [0.15, 0.2) is 0 Å². The second-order valence-corrected chi connectivity index (χ2v) is 8.80. The van der Waals surface area contributed by atoms with Crippen LogP contribution < -0.4 is 0 Å². The number of halogens is 2. The number of benzene rings is 3. The van der Waals surface area contributed by atoms with Crippen LogP contribution in [0.15, 0.2) is 42.5 Å². The summed E-state index contributed by atoms with van der Waals surface area (Å²) in [4.78, 5) is 0. The van der Waals surface area contributed by atoms with Gasteiger partial charge in [0.2, 0.25) is 0 Å². The third-order valence-corrected chi connectivity index (χ3v) is 6.73. The number of hydrogen-bond donors (Lipinski definition) is 0. The van der Waals surface area contributed by atoms with Gasteiger partial charge in [0.25, 0.3) is 0 Å². The fraction of sp³-hybridized carbons (Fsp3) is 0.393. The maximum absolute atomic E-state index is 15.4. The van der Waals surface area contributed by atoms with Crippen molar-refractivity contribution in [1.29, 1.82) is 5.26 Å². The van der Waals surface area contributed by atoms with E-state index in [0.29, 0.717) is 30.2 Å². The van der Waals surface area contributed by atoms with Gasteiger partial charge in [-0.05, 0) is 71.7 Å². The zero-order valence-corrected chi connectivity index (χ0v) is 18.2. The normalized spacial score (nSPS) is 15.6. The van der Waals surface area contributed by atoms with E-state index in [0.717, 1.165) is 22.9 Å². The minimum atomic E-state index is -0.403. The van der Waals surface area contributed by atoms with E-state index >= 15 is 4.39 Å². The van der Waals surface area contributed by atoms with E-state index < -0.39 is 5.82 Å². The molecule has 0 bridgehead atoms. The molecule has 1 unspecified atom stereocenters. The highest BCUT2D eigenvalue weighted by atomic mass is 19.1. The summed E-state index contributed by atoms with van der Waals surface area (Å²) in [6.07, 6.45) is 9.13. The summed E-state index contributed by atoms with van der Waals surface area (Å²) in [5.74, 6) is -0.517. The maximum Gasteiger partial charge on any atom is 0.144 e. The van der Waals surface area contributed by atoms with Crippen molar-refractivity contribution in [2.45, 2.75) is 70.6 Å². The smallest absolute Gasteiger partial charge is 0.144 e. The standard InChI is InChI=1S/C28H29F2N/c1-2-3-4-5-6-7-19-8-13-25-20(16-19)11-15-26(28(25)30)22-12-14-24-21(17-22)9-10-23(18-31)27(24)29/h8-11,13,15-16,22H,2-7,12,14,17H2,1H3. The molecule has 4 rings (SSSR count). The van der Waals surface area contributed by atoms with Gasteiger partial charge in [0.05, 0.1) is 5.56 Å². The molecule has 1 nitrogen and oxygen atoms in total. The number of fused-ring (bicyclic) bond motifs is 2. The molecular formula is C28H29F2N. The van der Waals surface area contributed by atoms with Crippen molar-refractivity contribution >= 4 is 10.8 Å². The Labute approximate surface area is 183 Å². The van der Waals surface area contributed by atoms with E-state index in [-0.39, 0.29) is 17.3 Å². The van der Waals surface area contributed by atoms with Gasteiger partial charge >= 0.3 is 0 Å². The van der Waals surface area contributed by atoms with Gasteiger partial charge in [0, 0.05) is 5.39 Å². The van der Waals surface area contributed by atoms with Crippen molar-refractivity contribution in [2.75, 3.05) is 0 Å². The number of aryl methyl sites for hydroxylation is 1. The largest absolute Gasteiger partial charge is 0.206 e. The van der Waals surface area contributed by atoms with E-state index in [1.54, 1.807) is 0 Å². The number of hydrogen-bond acceptors (Lipinski definition) is 1. The van der Waals surface area contributed by atoms with Crippen molar-refractivity contribution < 1.29 is 8.78 Å². The monoisotopic (exact) mass is 417 g/mol. The van der Waals surface area contributed by atoms with Gasteiger partial charge in [-0.1, -0.05) is 69.0 Å². The fourth-order valence-corrected chi connectivity index (χ4v) is 4.92. The molecule has 0 N–H and O–H groups in total. The third kappa shape index (κ3) is 4.49. The number of nitriles is 1. The Kier molecular flexibility index (Phi) is 6.66. The number of nitrogens with zero attached hydrogens (tertiary/aromatic N) is 1. The van der Waals surface area contributed by atoms with Crippen LogP contribution in [0.3, 0.4) is 0 Å². The molecule has 0 radical (unpaired) electrons. The van der Waals surface area contributed by atoms with Crippen molar-refractivity contribution in [2.24, 2.45) is 0 Å². The Hall–Kier alpha value is -2.73. The molecule has 0 fully saturated rings. The summed E-state index contributed by atoms with van der Waals surface area (Å²) >= 11 is 0. The van der Waals surface area contributed by atoms with Gasteiger partial charge in [0.1, 0.15) is 17.7 Å². The third-order valence-electron chi connectivity index (χ3n) is 6.73. The summed E-state index contributed by atoms with van der Waals surface area (Å²) in [6.45, 7) is 2.22. The molecule has 0 heterocycles. The molecule has 3 heteroatoms.